The van der Waals surface area contributed by atoms with Gasteiger partial charge < -0.3 is 10.5 Å². The Morgan fingerprint density at radius 2 is 2.44 bits per heavy atom. The molecule has 1 aromatic heterocycles. The quantitative estimate of drug-likeness (QED) is 0.825. The molecule has 2 N–H and O–H groups in total. The Balaban J connectivity index is 1.99. The lowest BCUT2D eigenvalue weighted by Crippen LogP contribution is -2.37. The molecule has 2 rings (SSSR count). The van der Waals surface area contributed by atoms with Gasteiger partial charge in [-0.3, -0.25) is 0 Å². The second-order valence-corrected chi connectivity index (χ2v) is 4.63. The SMILES string of the molecule is CC(C)n1ncnc1CC(N)C1CCCO1. The maximum absolute atomic E-state index is 6.13. The number of nitrogens with two attached hydrogens (primary N) is 1. The monoisotopic (exact) mass is 224 g/mol. The fraction of sp³-hybridized carbons (Fsp3) is 0.818. The third-order valence-corrected chi connectivity index (χ3v) is 3.00. The molecular formula is C11H20N4O. The molecule has 1 fully saturated rings. The van der Waals surface area contributed by atoms with Crippen LogP contribution in [-0.4, -0.2) is 33.5 Å². The topological polar surface area (TPSA) is 66.0 Å². The van der Waals surface area contributed by atoms with E-state index in [4.69, 9.17) is 10.5 Å². The highest BCUT2D eigenvalue weighted by Gasteiger charge is 2.24. The highest BCUT2D eigenvalue weighted by molar-refractivity contribution is 4.93. The van der Waals surface area contributed by atoms with Crippen molar-refractivity contribution < 1.29 is 4.74 Å². The van der Waals surface area contributed by atoms with Gasteiger partial charge in [0.25, 0.3) is 0 Å². The van der Waals surface area contributed by atoms with Crippen LogP contribution in [-0.2, 0) is 11.2 Å². The highest BCUT2D eigenvalue weighted by atomic mass is 16.5. The van der Waals surface area contributed by atoms with Crippen LogP contribution in [0.25, 0.3) is 0 Å². The van der Waals surface area contributed by atoms with E-state index in [2.05, 4.69) is 23.9 Å². The van der Waals surface area contributed by atoms with Gasteiger partial charge in [0.1, 0.15) is 12.2 Å². The third-order valence-electron chi connectivity index (χ3n) is 3.00. The number of rotatable bonds is 4. The van der Waals surface area contributed by atoms with E-state index in [0.717, 1.165) is 31.7 Å². The number of aromatic nitrogens is 3. The average molecular weight is 224 g/mol. The largest absolute Gasteiger partial charge is 0.377 e. The first-order valence-corrected chi connectivity index (χ1v) is 5.94. The molecular weight excluding hydrogens is 204 g/mol. The smallest absolute Gasteiger partial charge is 0.138 e. The van der Waals surface area contributed by atoms with Crippen LogP contribution in [0.2, 0.25) is 0 Å². The van der Waals surface area contributed by atoms with Gasteiger partial charge in [-0.1, -0.05) is 0 Å². The van der Waals surface area contributed by atoms with Crippen molar-refractivity contribution in [1.82, 2.24) is 14.8 Å². The third kappa shape index (κ3) is 2.41. The Bertz CT molecular complexity index is 330. The Morgan fingerprint density at radius 3 is 3.06 bits per heavy atom. The molecule has 1 aromatic rings. The molecule has 0 bridgehead atoms. The zero-order valence-corrected chi connectivity index (χ0v) is 9.97. The molecule has 0 saturated carbocycles. The second kappa shape index (κ2) is 4.93. The summed E-state index contributed by atoms with van der Waals surface area (Å²) >= 11 is 0. The molecule has 16 heavy (non-hydrogen) atoms. The molecule has 2 atom stereocenters. The summed E-state index contributed by atoms with van der Waals surface area (Å²) in [6.07, 6.45) is 4.71. The zero-order chi connectivity index (χ0) is 11.5. The number of nitrogens with zero attached hydrogens (tertiary/aromatic N) is 3. The molecule has 0 aromatic carbocycles. The van der Waals surface area contributed by atoms with Crippen molar-refractivity contribution in [3.63, 3.8) is 0 Å². The summed E-state index contributed by atoms with van der Waals surface area (Å²) in [4.78, 5) is 4.27. The number of hydrogen-bond acceptors (Lipinski definition) is 4. The van der Waals surface area contributed by atoms with E-state index in [0.29, 0.717) is 6.04 Å². The lowest BCUT2D eigenvalue weighted by atomic mass is 10.1. The van der Waals surface area contributed by atoms with E-state index >= 15 is 0 Å². The molecule has 1 aliphatic rings. The van der Waals surface area contributed by atoms with Crippen LogP contribution in [0.5, 0.6) is 0 Å². The zero-order valence-electron chi connectivity index (χ0n) is 9.97. The molecule has 1 aliphatic heterocycles. The molecule has 0 radical (unpaired) electrons. The summed E-state index contributed by atoms with van der Waals surface area (Å²) in [6, 6.07) is 0.360. The Morgan fingerprint density at radius 1 is 1.62 bits per heavy atom. The van der Waals surface area contributed by atoms with Gasteiger partial charge in [0.15, 0.2) is 0 Å². The van der Waals surface area contributed by atoms with Gasteiger partial charge in [0.05, 0.1) is 6.10 Å². The van der Waals surface area contributed by atoms with Crippen molar-refractivity contribution in [2.75, 3.05) is 6.61 Å². The van der Waals surface area contributed by atoms with Gasteiger partial charge >= 0.3 is 0 Å². The van der Waals surface area contributed by atoms with E-state index in [1.54, 1.807) is 6.33 Å². The minimum absolute atomic E-state index is 0.0317. The van der Waals surface area contributed by atoms with Crippen molar-refractivity contribution in [2.45, 2.75) is 51.3 Å². The maximum Gasteiger partial charge on any atom is 0.138 e. The summed E-state index contributed by atoms with van der Waals surface area (Å²) in [5.41, 5.74) is 6.13. The van der Waals surface area contributed by atoms with E-state index in [9.17, 15) is 0 Å². The first-order chi connectivity index (χ1) is 7.68. The minimum Gasteiger partial charge on any atom is -0.377 e. The van der Waals surface area contributed by atoms with E-state index in [1.807, 2.05) is 4.68 Å². The molecule has 90 valence electrons. The van der Waals surface area contributed by atoms with Crippen molar-refractivity contribution in [3.05, 3.63) is 12.2 Å². The summed E-state index contributed by atoms with van der Waals surface area (Å²) < 4.78 is 7.51. The molecule has 1 saturated heterocycles. The summed E-state index contributed by atoms with van der Waals surface area (Å²) in [5.74, 6) is 0.956. The molecule has 0 amide bonds. The van der Waals surface area contributed by atoms with Gasteiger partial charge in [0, 0.05) is 25.1 Å². The van der Waals surface area contributed by atoms with Crippen LogP contribution in [0.3, 0.4) is 0 Å². The van der Waals surface area contributed by atoms with E-state index in [-0.39, 0.29) is 12.1 Å². The second-order valence-electron chi connectivity index (χ2n) is 4.63. The molecule has 0 aliphatic carbocycles. The van der Waals surface area contributed by atoms with Crippen LogP contribution in [0.15, 0.2) is 6.33 Å². The predicted molar refractivity (Wildman–Crippen MR) is 61.1 cm³/mol. The fourth-order valence-corrected chi connectivity index (χ4v) is 2.13. The molecule has 0 spiro atoms. The van der Waals surface area contributed by atoms with Gasteiger partial charge in [-0.05, 0) is 26.7 Å². The van der Waals surface area contributed by atoms with Gasteiger partial charge in [-0.15, -0.1) is 0 Å². The number of hydrogen-bond donors (Lipinski definition) is 1. The lowest BCUT2D eigenvalue weighted by molar-refractivity contribution is 0.0890. The van der Waals surface area contributed by atoms with Crippen LogP contribution < -0.4 is 5.73 Å². The molecule has 5 heteroatoms. The molecule has 2 unspecified atom stereocenters. The van der Waals surface area contributed by atoms with Gasteiger partial charge in [-0.25, -0.2) is 9.67 Å². The highest BCUT2D eigenvalue weighted by Crippen LogP contribution is 2.17. The van der Waals surface area contributed by atoms with Crippen LogP contribution in [0.1, 0.15) is 38.6 Å². The van der Waals surface area contributed by atoms with Crippen molar-refractivity contribution >= 4 is 0 Å². The summed E-state index contributed by atoms with van der Waals surface area (Å²) in [7, 11) is 0. The maximum atomic E-state index is 6.13. The predicted octanol–water partition coefficient (Wildman–Crippen LogP) is 0.908. The molecule has 2 heterocycles. The first-order valence-electron chi connectivity index (χ1n) is 5.94. The van der Waals surface area contributed by atoms with Crippen molar-refractivity contribution in [2.24, 2.45) is 5.73 Å². The fourth-order valence-electron chi connectivity index (χ4n) is 2.13. The summed E-state index contributed by atoms with van der Waals surface area (Å²) in [5, 5.41) is 4.20. The Labute approximate surface area is 96.0 Å². The van der Waals surface area contributed by atoms with Crippen LogP contribution in [0, 0.1) is 0 Å². The van der Waals surface area contributed by atoms with Gasteiger partial charge in [0.2, 0.25) is 0 Å². The van der Waals surface area contributed by atoms with Crippen molar-refractivity contribution in [1.29, 1.82) is 0 Å². The first kappa shape index (κ1) is 11.5. The minimum atomic E-state index is 0.0317. The van der Waals surface area contributed by atoms with E-state index < -0.39 is 0 Å². The lowest BCUT2D eigenvalue weighted by Gasteiger charge is -2.19. The van der Waals surface area contributed by atoms with Crippen molar-refractivity contribution in [3.8, 4) is 0 Å². The van der Waals surface area contributed by atoms with Crippen LogP contribution in [0.4, 0.5) is 0 Å². The Kier molecular flexibility index (Phi) is 3.56. The Hall–Kier alpha value is -0.940. The van der Waals surface area contributed by atoms with Crippen LogP contribution >= 0.6 is 0 Å². The average Bonchev–Trinajstić information content (AvgIpc) is 2.86. The standard InChI is InChI=1S/C11H20N4O/c1-8(2)15-11(13-7-14-15)6-9(12)10-4-3-5-16-10/h7-10H,3-6,12H2,1-2H3. The molecule has 5 nitrogen and oxygen atoms in total. The summed E-state index contributed by atoms with van der Waals surface area (Å²) in [6.45, 7) is 5.03. The van der Waals surface area contributed by atoms with Gasteiger partial charge in [-0.2, -0.15) is 5.10 Å². The number of ether oxygens (including phenoxy) is 1. The normalized spacial score (nSPS) is 22.9. The van der Waals surface area contributed by atoms with E-state index in [1.165, 1.54) is 0 Å².